The first kappa shape index (κ1) is 13.6. The molecule has 1 N–H and O–H groups in total. The molecule has 1 aromatic heterocycles. The highest BCUT2D eigenvalue weighted by atomic mass is 32.1. The standard InChI is InChI=1S/C16H20N2OS/c1-2-19-14-7-5-13(6-8-14)15-11-20-16(18-15)10-17-9-12-3-4-12/h5-8,11-12,17H,2-4,9-10H2,1H3. The highest BCUT2D eigenvalue weighted by Crippen LogP contribution is 2.28. The van der Waals surface area contributed by atoms with Crippen LogP contribution in [0.1, 0.15) is 24.8 Å². The van der Waals surface area contributed by atoms with E-state index in [9.17, 15) is 0 Å². The highest BCUT2D eigenvalue weighted by molar-refractivity contribution is 7.09. The first-order chi connectivity index (χ1) is 9.85. The van der Waals surface area contributed by atoms with Crippen LogP contribution in [0.4, 0.5) is 0 Å². The largest absolute Gasteiger partial charge is 0.494 e. The zero-order valence-corrected chi connectivity index (χ0v) is 12.6. The van der Waals surface area contributed by atoms with E-state index in [0.717, 1.165) is 41.0 Å². The van der Waals surface area contributed by atoms with Gasteiger partial charge in [-0.3, -0.25) is 0 Å². The van der Waals surface area contributed by atoms with Crippen LogP contribution < -0.4 is 10.1 Å². The van der Waals surface area contributed by atoms with E-state index in [1.54, 1.807) is 11.3 Å². The van der Waals surface area contributed by atoms with Crippen molar-refractivity contribution in [3.8, 4) is 17.0 Å². The molecule has 0 atom stereocenters. The van der Waals surface area contributed by atoms with Crippen LogP contribution in [0.15, 0.2) is 29.6 Å². The average molecular weight is 288 g/mol. The molecule has 0 bridgehead atoms. The average Bonchev–Trinajstić information content (AvgIpc) is 3.17. The fourth-order valence-corrected chi connectivity index (χ4v) is 2.89. The Hall–Kier alpha value is -1.39. The first-order valence-corrected chi connectivity index (χ1v) is 8.11. The number of nitrogens with one attached hydrogen (secondary N) is 1. The quantitative estimate of drug-likeness (QED) is 0.843. The minimum absolute atomic E-state index is 0.701. The number of aromatic nitrogens is 1. The van der Waals surface area contributed by atoms with Crippen LogP contribution in [0.3, 0.4) is 0 Å². The van der Waals surface area contributed by atoms with Gasteiger partial charge in [-0.25, -0.2) is 4.98 Å². The fraction of sp³-hybridized carbons (Fsp3) is 0.438. The molecule has 0 aliphatic heterocycles. The minimum atomic E-state index is 0.701. The molecule has 1 aliphatic rings. The molecular formula is C16H20N2OS. The van der Waals surface area contributed by atoms with Crippen molar-refractivity contribution < 1.29 is 4.74 Å². The predicted molar refractivity (Wildman–Crippen MR) is 83.1 cm³/mol. The van der Waals surface area contributed by atoms with Crippen molar-refractivity contribution >= 4 is 11.3 Å². The Morgan fingerprint density at radius 1 is 1.30 bits per heavy atom. The molecule has 0 unspecified atom stereocenters. The summed E-state index contributed by atoms with van der Waals surface area (Å²) in [5.41, 5.74) is 2.21. The van der Waals surface area contributed by atoms with Crippen molar-refractivity contribution in [3.05, 3.63) is 34.7 Å². The Kier molecular flexibility index (Phi) is 4.33. The molecular weight excluding hydrogens is 268 g/mol. The predicted octanol–water partition coefficient (Wildman–Crippen LogP) is 3.71. The molecule has 4 heteroatoms. The van der Waals surface area contributed by atoms with Crippen LogP contribution in [0.2, 0.25) is 0 Å². The monoisotopic (exact) mass is 288 g/mol. The number of thiazole rings is 1. The van der Waals surface area contributed by atoms with Crippen molar-refractivity contribution in [1.29, 1.82) is 0 Å². The van der Waals surface area contributed by atoms with Gasteiger partial charge in [0.15, 0.2) is 0 Å². The number of nitrogens with zero attached hydrogens (tertiary/aromatic N) is 1. The number of benzene rings is 1. The van der Waals surface area contributed by atoms with Crippen LogP contribution in [0, 0.1) is 5.92 Å². The van der Waals surface area contributed by atoms with Gasteiger partial charge in [-0.1, -0.05) is 0 Å². The summed E-state index contributed by atoms with van der Waals surface area (Å²) in [6.07, 6.45) is 2.78. The molecule has 1 aliphatic carbocycles. The molecule has 0 amide bonds. The van der Waals surface area contributed by atoms with Gasteiger partial charge in [-0.2, -0.15) is 0 Å². The van der Waals surface area contributed by atoms with Crippen molar-refractivity contribution in [2.45, 2.75) is 26.3 Å². The van der Waals surface area contributed by atoms with Gasteiger partial charge in [0.1, 0.15) is 10.8 Å². The lowest BCUT2D eigenvalue weighted by Gasteiger charge is -2.03. The maximum absolute atomic E-state index is 5.46. The molecule has 3 nitrogen and oxygen atoms in total. The lowest BCUT2D eigenvalue weighted by molar-refractivity contribution is 0.340. The normalized spacial score (nSPS) is 14.4. The van der Waals surface area contributed by atoms with Crippen molar-refractivity contribution in [3.63, 3.8) is 0 Å². The summed E-state index contributed by atoms with van der Waals surface area (Å²) in [5.74, 6) is 1.83. The molecule has 0 spiro atoms. The highest BCUT2D eigenvalue weighted by Gasteiger charge is 2.20. The molecule has 1 aromatic carbocycles. The zero-order chi connectivity index (χ0) is 13.8. The minimum Gasteiger partial charge on any atom is -0.494 e. The third-order valence-electron chi connectivity index (χ3n) is 3.42. The van der Waals surface area contributed by atoms with Gasteiger partial charge in [0.25, 0.3) is 0 Å². The third kappa shape index (κ3) is 3.58. The number of hydrogen-bond acceptors (Lipinski definition) is 4. The summed E-state index contributed by atoms with van der Waals surface area (Å²) < 4.78 is 5.46. The van der Waals surface area contributed by atoms with Crippen molar-refractivity contribution in [2.75, 3.05) is 13.2 Å². The second-order valence-electron chi connectivity index (χ2n) is 5.16. The summed E-state index contributed by atoms with van der Waals surface area (Å²) >= 11 is 1.73. The molecule has 106 valence electrons. The van der Waals surface area contributed by atoms with Gasteiger partial charge in [0, 0.05) is 17.5 Å². The van der Waals surface area contributed by atoms with E-state index >= 15 is 0 Å². The van der Waals surface area contributed by atoms with E-state index < -0.39 is 0 Å². The second kappa shape index (κ2) is 6.37. The maximum Gasteiger partial charge on any atom is 0.119 e. The lowest BCUT2D eigenvalue weighted by atomic mass is 10.2. The van der Waals surface area contributed by atoms with Crippen LogP contribution in [-0.2, 0) is 6.54 Å². The van der Waals surface area contributed by atoms with Gasteiger partial charge in [-0.15, -0.1) is 11.3 Å². The Morgan fingerprint density at radius 2 is 2.10 bits per heavy atom. The van der Waals surface area contributed by atoms with E-state index in [2.05, 4.69) is 27.8 Å². The van der Waals surface area contributed by atoms with E-state index in [1.165, 1.54) is 12.8 Å². The van der Waals surface area contributed by atoms with Crippen LogP contribution in [0.25, 0.3) is 11.3 Å². The summed E-state index contributed by atoms with van der Waals surface area (Å²) in [7, 11) is 0. The SMILES string of the molecule is CCOc1ccc(-c2csc(CNCC3CC3)n2)cc1. The first-order valence-electron chi connectivity index (χ1n) is 7.23. The van der Waals surface area contributed by atoms with Crippen molar-refractivity contribution in [1.82, 2.24) is 10.3 Å². The maximum atomic E-state index is 5.46. The van der Waals surface area contributed by atoms with Crippen LogP contribution in [0.5, 0.6) is 5.75 Å². The van der Waals surface area contributed by atoms with E-state index in [-0.39, 0.29) is 0 Å². The molecule has 1 saturated carbocycles. The molecule has 0 saturated heterocycles. The van der Waals surface area contributed by atoms with E-state index in [1.807, 2.05) is 19.1 Å². The molecule has 0 radical (unpaired) electrons. The summed E-state index contributed by atoms with van der Waals surface area (Å²) in [6, 6.07) is 8.15. The number of ether oxygens (including phenoxy) is 1. The molecule has 1 heterocycles. The Balaban J connectivity index is 1.59. The van der Waals surface area contributed by atoms with E-state index in [4.69, 9.17) is 4.74 Å². The van der Waals surface area contributed by atoms with Gasteiger partial charge < -0.3 is 10.1 Å². The zero-order valence-electron chi connectivity index (χ0n) is 11.8. The van der Waals surface area contributed by atoms with Crippen LogP contribution in [-0.4, -0.2) is 18.1 Å². The Labute approximate surface area is 124 Å². The topological polar surface area (TPSA) is 34.1 Å². The second-order valence-corrected chi connectivity index (χ2v) is 6.10. The smallest absolute Gasteiger partial charge is 0.119 e. The lowest BCUT2D eigenvalue weighted by Crippen LogP contribution is -2.15. The summed E-state index contributed by atoms with van der Waals surface area (Å²) in [5, 5.41) is 6.77. The van der Waals surface area contributed by atoms with Crippen LogP contribution >= 0.6 is 11.3 Å². The summed E-state index contributed by atoms with van der Waals surface area (Å²) in [6.45, 7) is 4.72. The number of hydrogen-bond donors (Lipinski definition) is 1. The molecule has 3 rings (SSSR count). The fourth-order valence-electron chi connectivity index (χ4n) is 2.12. The Bertz CT molecular complexity index is 546. The Morgan fingerprint density at radius 3 is 2.80 bits per heavy atom. The van der Waals surface area contributed by atoms with Crippen molar-refractivity contribution in [2.24, 2.45) is 5.92 Å². The van der Waals surface area contributed by atoms with Gasteiger partial charge >= 0.3 is 0 Å². The van der Waals surface area contributed by atoms with Gasteiger partial charge in [0.05, 0.1) is 12.3 Å². The third-order valence-corrected chi connectivity index (χ3v) is 4.27. The molecule has 20 heavy (non-hydrogen) atoms. The summed E-state index contributed by atoms with van der Waals surface area (Å²) in [4.78, 5) is 4.69. The van der Waals surface area contributed by atoms with Gasteiger partial charge in [0.2, 0.25) is 0 Å². The molecule has 2 aromatic rings. The molecule has 1 fully saturated rings. The van der Waals surface area contributed by atoms with E-state index in [0.29, 0.717) is 6.61 Å². The number of rotatable bonds is 7. The van der Waals surface area contributed by atoms with Gasteiger partial charge in [-0.05, 0) is 56.5 Å².